The number of carboxylic acid groups (broad SMARTS) is 1. The molecule has 0 saturated carbocycles. The van der Waals surface area contributed by atoms with Gasteiger partial charge in [0.25, 0.3) is 0 Å². The zero-order valence-electron chi connectivity index (χ0n) is 63.6. The lowest BCUT2D eigenvalue weighted by atomic mass is 9.97. The van der Waals surface area contributed by atoms with Crippen molar-refractivity contribution in [2.45, 2.75) is 177 Å². The van der Waals surface area contributed by atoms with Crippen LogP contribution in [0.1, 0.15) is 102 Å². The Bertz CT molecular complexity index is 4560. The van der Waals surface area contributed by atoms with Crippen molar-refractivity contribution < 1.29 is 91.7 Å². The molecule has 115 heavy (non-hydrogen) atoms. The number of carboxylic acids is 1. The third-order valence-electron chi connectivity index (χ3n) is 18.4. The van der Waals surface area contributed by atoms with Gasteiger partial charge in [-0.2, -0.15) is 25.3 Å². The topological polar surface area (TPSA) is 595 Å². The Kier molecular flexibility index (Phi) is 35.8. The van der Waals surface area contributed by atoms with Crippen LogP contribution in [-0.4, -0.2) is 206 Å². The summed E-state index contributed by atoms with van der Waals surface area (Å²) in [7, 11) is 0. The Morgan fingerprint density at radius 2 is 0.817 bits per heavy atom. The number of aliphatic hydroxyl groups is 1. The first-order valence-electron chi connectivity index (χ1n) is 36.9. The molecule has 0 aliphatic heterocycles. The first-order chi connectivity index (χ1) is 54.5. The normalized spacial score (nSPS) is 14.3. The van der Waals surface area contributed by atoms with Gasteiger partial charge in [-0.3, -0.25) is 81.5 Å². The van der Waals surface area contributed by atoms with Crippen LogP contribution in [-0.2, 0) is 101 Å². The minimum absolute atomic E-state index is 0.119. The van der Waals surface area contributed by atoms with Gasteiger partial charge in [0.15, 0.2) is 0 Å². The molecule has 12 atom stereocenters. The lowest BCUT2D eigenvalue weighted by Crippen LogP contribution is -2.62. The predicted octanol–water partition coefficient (Wildman–Crippen LogP) is -2.60. The summed E-state index contributed by atoms with van der Waals surface area (Å²) in [4.78, 5) is 234. The quantitative estimate of drug-likeness (QED) is 0.0174. The van der Waals surface area contributed by atoms with Gasteiger partial charge in [-0.05, 0) is 89.2 Å². The summed E-state index contributed by atoms with van der Waals surface area (Å²) < 4.78 is 0. The first-order valence-corrected chi connectivity index (χ1v) is 38.1. The van der Waals surface area contributed by atoms with Gasteiger partial charge in [0, 0.05) is 74.1 Å². The van der Waals surface area contributed by atoms with Gasteiger partial charge < -0.3 is 102 Å². The van der Waals surface area contributed by atoms with Crippen LogP contribution in [0, 0.1) is 5.92 Å². The summed E-state index contributed by atoms with van der Waals surface area (Å²) in [5.74, 6) is -18.5. The van der Waals surface area contributed by atoms with E-state index in [1.807, 2.05) is 32.0 Å². The van der Waals surface area contributed by atoms with Crippen molar-refractivity contribution in [3.05, 3.63) is 132 Å². The number of aromatic amines is 1. The summed E-state index contributed by atoms with van der Waals surface area (Å²) in [6.45, 7) is 5.18. The number of para-hydroxylation sites is 1. The second-order valence-corrected chi connectivity index (χ2v) is 28.7. The van der Waals surface area contributed by atoms with Crippen molar-refractivity contribution in [2.75, 3.05) is 18.1 Å². The molecule has 0 unspecified atom stereocenters. The highest BCUT2D eigenvalue weighted by molar-refractivity contribution is 7.80. The van der Waals surface area contributed by atoms with Crippen molar-refractivity contribution in [3.63, 3.8) is 0 Å². The molecule has 38 heteroatoms. The van der Waals surface area contributed by atoms with E-state index in [9.17, 15) is 77.3 Å². The van der Waals surface area contributed by atoms with Gasteiger partial charge in [-0.25, -0.2) is 0 Å². The van der Waals surface area contributed by atoms with Crippen LogP contribution in [0.2, 0.25) is 0 Å². The number of nitrogens with two attached hydrogens (primary N) is 4. The fourth-order valence-corrected chi connectivity index (χ4v) is 12.8. The maximum absolute atomic E-state index is 15.5. The van der Waals surface area contributed by atoms with Gasteiger partial charge in [-0.15, -0.1) is 0 Å². The van der Waals surface area contributed by atoms with E-state index in [0.717, 1.165) is 30.0 Å². The van der Waals surface area contributed by atoms with Gasteiger partial charge in [0.05, 0.1) is 19.1 Å². The average Bonchev–Trinajstić information content (AvgIpc) is 1.64. The zero-order chi connectivity index (χ0) is 84.8. The SMILES string of the molecule is CC(=O)N[C@@H](CS)C(=O)N[C@@H](CCC(N)=O)C(=O)N[C@H](C(=O)N[C@@H](Cc1c[nH]c2ccccc12)C(=O)N[C@@H](CCC(N)=O)C(=O)N[C@@H](CS)C(=O)N[C@@H](Cc1cccc2ccccc12)C(=O)N[C@@H](Cc1ccc2ccccc2c1)C(=O)N[C@@H](CCC(C)C)C(=O)N[C@@H](CCC(=O)O)C(=O)N[C@@H](CC(N)=O)C(=O)NCC(N)=O)[C@@H](C)O. The van der Waals surface area contributed by atoms with Gasteiger partial charge in [0.1, 0.15) is 66.5 Å². The number of aromatic nitrogens is 1. The van der Waals surface area contributed by atoms with E-state index >= 15 is 14.4 Å². The monoisotopic (exact) mass is 1630 g/mol. The molecule has 0 fully saturated rings. The largest absolute Gasteiger partial charge is 0.481 e. The van der Waals surface area contributed by atoms with Crippen molar-refractivity contribution in [1.29, 1.82) is 0 Å². The Hall–Kier alpha value is -12.2. The second-order valence-electron chi connectivity index (χ2n) is 28.0. The van der Waals surface area contributed by atoms with Crippen molar-refractivity contribution >= 4 is 158 Å². The van der Waals surface area contributed by atoms with Crippen LogP contribution in [0.15, 0.2) is 115 Å². The summed E-state index contributed by atoms with van der Waals surface area (Å²) in [6, 6.07) is 13.4. The number of aliphatic hydroxyl groups excluding tert-OH is 1. The molecule has 6 rings (SSSR count). The molecule has 0 bridgehead atoms. The molecule has 0 spiro atoms. The van der Waals surface area contributed by atoms with Crippen LogP contribution in [0.3, 0.4) is 0 Å². The molecule has 5 aromatic carbocycles. The fourth-order valence-electron chi connectivity index (χ4n) is 12.3. The van der Waals surface area contributed by atoms with E-state index in [1.165, 1.54) is 6.20 Å². The van der Waals surface area contributed by atoms with Crippen LogP contribution in [0.4, 0.5) is 0 Å². The molecular weight excluding hydrogens is 1530 g/mol. The van der Waals surface area contributed by atoms with Crippen LogP contribution in [0.25, 0.3) is 32.4 Å². The van der Waals surface area contributed by atoms with E-state index in [0.29, 0.717) is 33.0 Å². The zero-order valence-corrected chi connectivity index (χ0v) is 65.4. The van der Waals surface area contributed by atoms with Crippen molar-refractivity contribution in [2.24, 2.45) is 28.9 Å². The Morgan fingerprint density at radius 1 is 0.391 bits per heavy atom. The number of fused-ring (bicyclic) bond motifs is 3. The summed E-state index contributed by atoms with van der Waals surface area (Å²) in [5, 5.41) is 54.1. The van der Waals surface area contributed by atoms with Gasteiger partial charge >= 0.3 is 5.97 Å². The third kappa shape index (κ3) is 29.4. The highest BCUT2D eigenvalue weighted by atomic mass is 32.1. The molecule has 6 aromatic rings. The Balaban J connectivity index is 1.34. The Morgan fingerprint density at radius 3 is 1.33 bits per heavy atom. The molecule has 0 aliphatic carbocycles. The van der Waals surface area contributed by atoms with Gasteiger partial charge in [-0.1, -0.05) is 117 Å². The number of aliphatic carboxylic acids is 1. The number of benzene rings is 5. The number of amides is 16. The number of carbonyl (C=O) groups is 17. The number of nitrogens with one attached hydrogen (secondary N) is 13. The molecule has 0 radical (unpaired) electrons. The highest BCUT2D eigenvalue weighted by Crippen LogP contribution is 2.24. The fraction of sp³-hybridized carbons (Fsp3) is 0.416. The Labute approximate surface area is 671 Å². The summed E-state index contributed by atoms with van der Waals surface area (Å²) in [6.07, 6.45) is -5.10. The minimum Gasteiger partial charge on any atom is -0.481 e. The van der Waals surface area contributed by atoms with E-state index in [1.54, 1.807) is 91.0 Å². The van der Waals surface area contributed by atoms with Crippen LogP contribution < -0.4 is 86.7 Å². The molecule has 36 nitrogen and oxygen atoms in total. The maximum Gasteiger partial charge on any atom is 0.303 e. The second kappa shape index (κ2) is 44.9. The molecule has 1 aromatic heterocycles. The molecule has 618 valence electrons. The number of thiol groups is 2. The third-order valence-corrected chi connectivity index (χ3v) is 19.1. The smallest absolute Gasteiger partial charge is 0.303 e. The number of H-pyrrole nitrogens is 1. The predicted molar refractivity (Wildman–Crippen MR) is 427 cm³/mol. The standard InChI is InChI=1S/C77H99N17O19S2/c1-39(2)20-23-51(68(104)85-54(26-29-65(101)102)69(105)91-58(34-63(80)99)67(103)83-36-64(81)100)86-72(108)55(31-42-21-22-43-12-5-6-14-45(43)30-42)89-74(110)56(32-46-16-11-15-44-13-7-8-17-48(44)46)90-76(112)60(38-115)93-70(106)52(24-27-61(78)97)87-73(109)57(33-47-35-82-50-19-10-9-18-49(47)50)92-77(113)66(40(3)95)94-71(107)53(25-28-62(79)98)88-75(111)59(37-114)84-41(4)96/h5-19,21-22,30,35,39-40,51-60,66,82,95,114-115H,20,23-29,31-34,36-38H2,1-4H3,(H2,78,97)(H2,79,98)(H2,80,99)(H2,81,100)(H,83,103)(H,84,96)(H,85,104)(H,86,108)(H,87,109)(H,88,111)(H,89,110)(H,90,112)(H,91,105)(H,92,113)(H,93,106)(H,94,107)(H,101,102)/t40-,51+,52+,53+,54+,55+,56+,57+,58+,59+,60+,66+/m1/s1. The number of hydrogen-bond donors (Lipinski definition) is 21. The molecular formula is C77H99N17O19S2. The van der Waals surface area contributed by atoms with Crippen molar-refractivity contribution in [3.8, 4) is 0 Å². The lowest BCUT2D eigenvalue weighted by Gasteiger charge is -2.29. The van der Waals surface area contributed by atoms with Crippen LogP contribution >= 0.6 is 25.3 Å². The molecule has 1 heterocycles. The van der Waals surface area contributed by atoms with Gasteiger partial charge in [0.2, 0.25) is 94.5 Å². The lowest BCUT2D eigenvalue weighted by molar-refractivity contribution is -0.139. The van der Waals surface area contributed by atoms with E-state index < -0.39 is 230 Å². The maximum atomic E-state index is 15.5. The minimum atomic E-state index is -1.91. The number of carbonyl (C=O) groups excluding carboxylic acids is 16. The average molecular weight is 1630 g/mol. The molecule has 23 N–H and O–H groups in total. The molecule has 16 amide bonds. The number of hydrogen-bond acceptors (Lipinski definition) is 20. The van der Waals surface area contributed by atoms with Crippen molar-refractivity contribution in [1.82, 2.24) is 68.8 Å². The van der Waals surface area contributed by atoms with E-state index in [-0.39, 0.29) is 43.8 Å². The molecule has 0 saturated heterocycles. The number of rotatable bonds is 47. The summed E-state index contributed by atoms with van der Waals surface area (Å²) in [5.41, 5.74) is 23.5. The van der Waals surface area contributed by atoms with E-state index in [4.69, 9.17) is 22.9 Å². The number of primary amides is 4. The molecule has 0 aliphatic rings. The van der Waals surface area contributed by atoms with E-state index in [2.05, 4.69) is 94.0 Å². The van der Waals surface area contributed by atoms with Crippen LogP contribution in [0.5, 0.6) is 0 Å². The summed E-state index contributed by atoms with van der Waals surface area (Å²) >= 11 is 8.52. The first kappa shape index (κ1) is 91.7. The highest BCUT2D eigenvalue weighted by Gasteiger charge is 2.39.